The average molecular weight is 397 g/mol. The molecule has 0 fully saturated rings. The van der Waals surface area contributed by atoms with E-state index in [-0.39, 0.29) is 11.7 Å². The van der Waals surface area contributed by atoms with Crippen molar-refractivity contribution >= 4 is 21.5 Å². The van der Waals surface area contributed by atoms with E-state index >= 15 is 0 Å². The molecule has 8 heteroatoms. The molecule has 0 radical (unpaired) electrons. The monoisotopic (exact) mass is 397 g/mol. The maximum absolute atomic E-state index is 12.5. The molecule has 1 aromatic heterocycles. The first-order valence-electron chi connectivity index (χ1n) is 8.67. The number of hydrogen-bond donors (Lipinski definition) is 2. The number of anilines is 2. The number of ether oxygens (including phenoxy) is 2. The Morgan fingerprint density at radius 1 is 1.04 bits per heavy atom. The highest BCUT2D eigenvalue weighted by molar-refractivity contribution is 7.92. The molecule has 0 aliphatic carbocycles. The molecule has 144 valence electrons. The maximum atomic E-state index is 12.5. The molecular formula is C20H19N3O4S. The molecule has 1 aliphatic rings. The minimum atomic E-state index is -3.65. The van der Waals surface area contributed by atoms with Crippen molar-refractivity contribution in [1.29, 1.82) is 0 Å². The van der Waals surface area contributed by atoms with Gasteiger partial charge in [0.25, 0.3) is 10.0 Å². The number of aromatic nitrogens is 1. The third kappa shape index (κ3) is 4.01. The van der Waals surface area contributed by atoms with Crippen LogP contribution in [-0.2, 0) is 16.6 Å². The summed E-state index contributed by atoms with van der Waals surface area (Å²) in [7, 11) is -3.65. The van der Waals surface area contributed by atoms with Crippen LogP contribution in [0.15, 0.2) is 65.7 Å². The summed E-state index contributed by atoms with van der Waals surface area (Å²) < 4.78 is 38.1. The van der Waals surface area contributed by atoms with E-state index in [0.717, 1.165) is 22.6 Å². The average Bonchev–Trinajstić information content (AvgIpc) is 3.15. The van der Waals surface area contributed by atoms with Crippen molar-refractivity contribution in [2.24, 2.45) is 0 Å². The van der Waals surface area contributed by atoms with Crippen LogP contribution in [-0.4, -0.2) is 20.2 Å². The van der Waals surface area contributed by atoms with Gasteiger partial charge in [0.05, 0.1) is 16.8 Å². The minimum Gasteiger partial charge on any atom is -0.454 e. The molecule has 2 N–H and O–H groups in total. The van der Waals surface area contributed by atoms with E-state index in [4.69, 9.17) is 9.47 Å². The van der Waals surface area contributed by atoms with Gasteiger partial charge in [-0.2, -0.15) is 0 Å². The number of hydrogen-bond acceptors (Lipinski definition) is 6. The van der Waals surface area contributed by atoms with Gasteiger partial charge in [0.2, 0.25) is 6.79 Å². The van der Waals surface area contributed by atoms with Crippen molar-refractivity contribution in [1.82, 2.24) is 4.98 Å². The van der Waals surface area contributed by atoms with Gasteiger partial charge in [0, 0.05) is 6.54 Å². The number of fused-ring (bicyclic) bond motifs is 1. The van der Waals surface area contributed by atoms with E-state index in [1.807, 2.05) is 31.2 Å². The molecule has 28 heavy (non-hydrogen) atoms. The normalized spacial score (nSPS) is 12.6. The summed E-state index contributed by atoms with van der Waals surface area (Å²) in [5.74, 6) is 2.11. The Labute approximate surface area is 163 Å². The van der Waals surface area contributed by atoms with Gasteiger partial charge in [0.15, 0.2) is 11.5 Å². The minimum absolute atomic E-state index is 0.220. The summed E-state index contributed by atoms with van der Waals surface area (Å²) >= 11 is 0. The lowest BCUT2D eigenvalue weighted by molar-refractivity contribution is 0.174. The Morgan fingerprint density at radius 3 is 2.68 bits per heavy atom. The summed E-state index contributed by atoms with van der Waals surface area (Å²) in [6, 6.07) is 15.9. The van der Waals surface area contributed by atoms with Gasteiger partial charge in [-0.05, 0) is 54.4 Å². The van der Waals surface area contributed by atoms with Crippen LogP contribution < -0.4 is 19.5 Å². The second-order valence-electron chi connectivity index (χ2n) is 6.40. The van der Waals surface area contributed by atoms with E-state index in [1.54, 1.807) is 30.3 Å². The number of pyridine rings is 1. The summed E-state index contributed by atoms with van der Waals surface area (Å²) in [5.41, 5.74) is 2.30. The SMILES string of the molecule is Cc1cccc(S(=O)(=O)Nc2ccc(NCc3ccc4c(c3)OCO4)nc2)c1. The Balaban J connectivity index is 1.40. The van der Waals surface area contributed by atoms with Gasteiger partial charge in [-0.15, -0.1) is 0 Å². The first kappa shape index (κ1) is 18.1. The molecule has 0 saturated carbocycles. The molecule has 2 aromatic carbocycles. The highest BCUT2D eigenvalue weighted by Gasteiger charge is 2.15. The molecule has 0 atom stereocenters. The van der Waals surface area contributed by atoms with Crippen LogP contribution in [0.4, 0.5) is 11.5 Å². The van der Waals surface area contributed by atoms with E-state index in [9.17, 15) is 8.42 Å². The number of nitrogens with one attached hydrogen (secondary N) is 2. The van der Waals surface area contributed by atoms with E-state index in [1.165, 1.54) is 6.20 Å². The molecule has 0 spiro atoms. The fourth-order valence-corrected chi connectivity index (χ4v) is 3.95. The van der Waals surface area contributed by atoms with Crippen molar-refractivity contribution in [2.45, 2.75) is 18.4 Å². The molecule has 0 amide bonds. The lowest BCUT2D eigenvalue weighted by Crippen LogP contribution is -2.13. The van der Waals surface area contributed by atoms with Crippen LogP contribution in [0.3, 0.4) is 0 Å². The Morgan fingerprint density at radius 2 is 1.89 bits per heavy atom. The number of nitrogens with zero attached hydrogens (tertiary/aromatic N) is 1. The van der Waals surface area contributed by atoms with Crippen LogP contribution >= 0.6 is 0 Å². The van der Waals surface area contributed by atoms with E-state index in [0.29, 0.717) is 18.1 Å². The lowest BCUT2D eigenvalue weighted by Gasteiger charge is -2.10. The molecule has 2 heterocycles. The predicted octanol–water partition coefficient (Wildman–Crippen LogP) is 3.53. The van der Waals surface area contributed by atoms with Gasteiger partial charge in [-0.25, -0.2) is 13.4 Å². The second kappa shape index (κ2) is 7.40. The molecule has 3 aromatic rings. The summed E-state index contributed by atoms with van der Waals surface area (Å²) in [4.78, 5) is 4.49. The third-order valence-electron chi connectivity index (χ3n) is 4.23. The van der Waals surface area contributed by atoms with Gasteiger partial charge >= 0.3 is 0 Å². The third-order valence-corrected chi connectivity index (χ3v) is 5.61. The number of aryl methyl sites for hydroxylation is 1. The Kier molecular flexibility index (Phi) is 4.79. The van der Waals surface area contributed by atoms with Crippen LogP contribution in [0.1, 0.15) is 11.1 Å². The van der Waals surface area contributed by atoms with Gasteiger partial charge in [-0.3, -0.25) is 4.72 Å². The van der Waals surface area contributed by atoms with E-state index in [2.05, 4.69) is 15.0 Å². The topological polar surface area (TPSA) is 89.6 Å². The number of benzene rings is 2. The van der Waals surface area contributed by atoms with Crippen LogP contribution in [0.2, 0.25) is 0 Å². The smallest absolute Gasteiger partial charge is 0.261 e. The molecule has 0 saturated heterocycles. The Bertz CT molecular complexity index is 1100. The van der Waals surface area contributed by atoms with Crippen LogP contribution in [0.5, 0.6) is 11.5 Å². The van der Waals surface area contributed by atoms with E-state index < -0.39 is 10.0 Å². The van der Waals surface area contributed by atoms with Crippen molar-refractivity contribution in [3.05, 3.63) is 71.9 Å². The van der Waals surface area contributed by atoms with Crippen molar-refractivity contribution in [2.75, 3.05) is 16.8 Å². The van der Waals surface area contributed by atoms with Crippen molar-refractivity contribution < 1.29 is 17.9 Å². The predicted molar refractivity (Wildman–Crippen MR) is 106 cm³/mol. The van der Waals surface area contributed by atoms with Gasteiger partial charge in [0.1, 0.15) is 5.82 Å². The molecule has 4 rings (SSSR count). The van der Waals surface area contributed by atoms with Crippen molar-refractivity contribution in [3.8, 4) is 11.5 Å². The van der Waals surface area contributed by atoms with Gasteiger partial charge < -0.3 is 14.8 Å². The summed E-state index contributed by atoms with van der Waals surface area (Å²) in [6.07, 6.45) is 1.48. The molecule has 0 bridgehead atoms. The fourth-order valence-electron chi connectivity index (χ4n) is 2.80. The zero-order valence-electron chi connectivity index (χ0n) is 15.2. The second-order valence-corrected chi connectivity index (χ2v) is 8.08. The van der Waals surface area contributed by atoms with Crippen LogP contribution in [0.25, 0.3) is 0 Å². The standard InChI is InChI=1S/C20H19N3O4S/c1-14-3-2-4-17(9-14)28(24,25)23-16-6-8-20(22-12-16)21-11-15-5-7-18-19(10-15)27-13-26-18/h2-10,12,23H,11,13H2,1H3,(H,21,22). The summed E-state index contributed by atoms with van der Waals surface area (Å²) in [5, 5.41) is 3.20. The number of rotatable bonds is 6. The summed E-state index contributed by atoms with van der Waals surface area (Å²) in [6.45, 7) is 2.65. The largest absolute Gasteiger partial charge is 0.454 e. The Hall–Kier alpha value is -3.26. The molecule has 1 aliphatic heterocycles. The quantitative estimate of drug-likeness (QED) is 0.661. The van der Waals surface area contributed by atoms with Crippen molar-refractivity contribution in [3.63, 3.8) is 0 Å². The highest BCUT2D eigenvalue weighted by atomic mass is 32.2. The first-order chi connectivity index (χ1) is 13.5. The lowest BCUT2D eigenvalue weighted by atomic mass is 10.2. The zero-order valence-corrected chi connectivity index (χ0v) is 16.0. The molecule has 7 nitrogen and oxygen atoms in total. The first-order valence-corrected chi connectivity index (χ1v) is 10.2. The highest BCUT2D eigenvalue weighted by Crippen LogP contribution is 2.32. The molecular weight excluding hydrogens is 378 g/mol. The zero-order chi connectivity index (χ0) is 19.6. The fraction of sp³-hybridized carbons (Fsp3) is 0.150. The number of sulfonamides is 1. The maximum Gasteiger partial charge on any atom is 0.261 e. The molecule has 0 unspecified atom stereocenters. The van der Waals surface area contributed by atoms with Gasteiger partial charge in [-0.1, -0.05) is 18.2 Å². The van der Waals surface area contributed by atoms with Crippen LogP contribution in [0, 0.1) is 6.92 Å².